The van der Waals surface area contributed by atoms with Crippen molar-refractivity contribution in [1.82, 2.24) is 4.90 Å². The van der Waals surface area contributed by atoms with Crippen LogP contribution in [0.2, 0.25) is 0 Å². The molecule has 6 heteroatoms. The van der Waals surface area contributed by atoms with Crippen LogP contribution in [-0.2, 0) is 0 Å². The summed E-state index contributed by atoms with van der Waals surface area (Å²) in [5, 5.41) is 1.63. The summed E-state index contributed by atoms with van der Waals surface area (Å²) in [5.74, 6) is 1.64. The minimum atomic E-state index is -0.509. The molecule has 0 aromatic carbocycles. The van der Waals surface area contributed by atoms with Gasteiger partial charge in [0.25, 0.3) is 5.91 Å². The Morgan fingerprint density at radius 3 is 2.78 bits per heavy atom. The third-order valence-corrected chi connectivity index (χ3v) is 5.23. The monoisotopic (exact) mass is 332 g/mol. The van der Waals surface area contributed by atoms with Crippen LogP contribution in [0.15, 0.2) is 28.0 Å². The Kier molecular flexibility index (Phi) is 4.26. The van der Waals surface area contributed by atoms with Crippen LogP contribution in [0.25, 0.3) is 0 Å². The number of hydrogen-bond donors (Lipinski definition) is 1. The average Bonchev–Trinajstić information content (AvgIpc) is 3.15. The van der Waals surface area contributed by atoms with Gasteiger partial charge in [0.05, 0.1) is 16.5 Å². The van der Waals surface area contributed by atoms with Crippen LogP contribution in [0.1, 0.15) is 57.4 Å². The number of primary amides is 1. The maximum Gasteiger partial charge on any atom is 0.264 e. The molecule has 2 aromatic rings. The Morgan fingerprint density at radius 2 is 2.17 bits per heavy atom. The number of carbonyl (C=O) groups is 2. The number of rotatable bonds is 3. The summed E-state index contributed by atoms with van der Waals surface area (Å²) in [6.07, 6.45) is 1.85. The molecule has 0 unspecified atom stereocenters. The maximum absolute atomic E-state index is 12.9. The topological polar surface area (TPSA) is 76.5 Å². The van der Waals surface area contributed by atoms with Crippen LogP contribution in [0.4, 0.5) is 0 Å². The zero-order valence-electron chi connectivity index (χ0n) is 13.2. The van der Waals surface area contributed by atoms with Crippen LogP contribution in [0.3, 0.4) is 0 Å². The summed E-state index contributed by atoms with van der Waals surface area (Å²) in [5.41, 5.74) is 5.66. The first-order chi connectivity index (χ1) is 11.0. The molecule has 1 fully saturated rings. The first-order valence-corrected chi connectivity index (χ1v) is 8.59. The van der Waals surface area contributed by atoms with Gasteiger partial charge in [0.2, 0.25) is 5.91 Å². The minimum Gasteiger partial charge on any atom is -0.464 e. The summed E-state index contributed by atoms with van der Waals surface area (Å²) >= 11 is 1.26. The fourth-order valence-electron chi connectivity index (χ4n) is 3.01. The Balaban J connectivity index is 1.88. The first kappa shape index (κ1) is 15.8. The smallest absolute Gasteiger partial charge is 0.264 e. The second kappa shape index (κ2) is 6.20. The van der Waals surface area contributed by atoms with E-state index in [0.717, 1.165) is 24.4 Å². The molecule has 5 nitrogen and oxygen atoms in total. The molecule has 1 aliphatic heterocycles. The summed E-state index contributed by atoms with van der Waals surface area (Å²) in [7, 11) is 0. The number of aryl methyl sites for hydroxylation is 1. The van der Waals surface area contributed by atoms with E-state index in [0.29, 0.717) is 22.9 Å². The number of furan rings is 1. The molecule has 2 N–H and O–H groups in total. The van der Waals surface area contributed by atoms with E-state index in [2.05, 4.69) is 6.92 Å². The standard InChI is InChI=1S/C17H20N2O3S/c1-10-5-6-19(13(7-10)14-4-3-11(2)22-14)17(21)15-8-12(9-23-15)16(18)20/h3-4,8-10,13H,5-7H2,1-2H3,(H2,18,20)/t10-,13-/m1/s1. The number of nitrogens with zero attached hydrogens (tertiary/aromatic N) is 1. The lowest BCUT2D eigenvalue weighted by molar-refractivity contribution is 0.0524. The van der Waals surface area contributed by atoms with Crippen molar-refractivity contribution in [1.29, 1.82) is 0 Å². The zero-order valence-corrected chi connectivity index (χ0v) is 14.1. The van der Waals surface area contributed by atoms with Gasteiger partial charge in [-0.05, 0) is 43.9 Å². The maximum atomic E-state index is 12.9. The molecule has 1 saturated heterocycles. The van der Waals surface area contributed by atoms with E-state index in [1.165, 1.54) is 11.3 Å². The fourth-order valence-corrected chi connectivity index (χ4v) is 3.86. The highest BCUT2D eigenvalue weighted by molar-refractivity contribution is 7.12. The normalized spacial score (nSPS) is 21.4. The van der Waals surface area contributed by atoms with Gasteiger partial charge in [0.15, 0.2) is 0 Å². The molecule has 0 spiro atoms. The van der Waals surface area contributed by atoms with E-state index in [-0.39, 0.29) is 11.9 Å². The van der Waals surface area contributed by atoms with Crippen molar-refractivity contribution in [2.24, 2.45) is 11.7 Å². The van der Waals surface area contributed by atoms with Crippen molar-refractivity contribution >= 4 is 23.2 Å². The van der Waals surface area contributed by atoms with Crippen molar-refractivity contribution in [3.8, 4) is 0 Å². The summed E-state index contributed by atoms with van der Waals surface area (Å²) in [6.45, 7) is 4.79. The molecule has 122 valence electrons. The van der Waals surface area contributed by atoms with E-state index in [1.54, 1.807) is 11.4 Å². The second-order valence-electron chi connectivity index (χ2n) is 6.16. The Bertz CT molecular complexity index is 734. The molecule has 2 atom stereocenters. The van der Waals surface area contributed by atoms with Gasteiger partial charge in [-0.15, -0.1) is 11.3 Å². The van der Waals surface area contributed by atoms with Crippen molar-refractivity contribution < 1.29 is 14.0 Å². The highest BCUT2D eigenvalue weighted by Crippen LogP contribution is 2.36. The molecule has 23 heavy (non-hydrogen) atoms. The van der Waals surface area contributed by atoms with Gasteiger partial charge in [-0.25, -0.2) is 0 Å². The van der Waals surface area contributed by atoms with E-state index in [9.17, 15) is 9.59 Å². The highest BCUT2D eigenvalue weighted by atomic mass is 32.1. The number of piperidine rings is 1. The van der Waals surface area contributed by atoms with Gasteiger partial charge in [-0.2, -0.15) is 0 Å². The van der Waals surface area contributed by atoms with E-state index < -0.39 is 5.91 Å². The summed E-state index contributed by atoms with van der Waals surface area (Å²) in [4.78, 5) is 26.5. The van der Waals surface area contributed by atoms with Crippen molar-refractivity contribution in [2.75, 3.05) is 6.54 Å². The minimum absolute atomic E-state index is 0.0564. The first-order valence-electron chi connectivity index (χ1n) is 7.71. The molecule has 0 aliphatic carbocycles. The quantitative estimate of drug-likeness (QED) is 0.936. The van der Waals surface area contributed by atoms with Crippen molar-refractivity contribution in [3.63, 3.8) is 0 Å². The van der Waals surface area contributed by atoms with Gasteiger partial charge in [-0.3, -0.25) is 9.59 Å². The average molecular weight is 332 g/mol. The number of hydrogen-bond acceptors (Lipinski definition) is 4. The molecule has 0 saturated carbocycles. The molecule has 2 aromatic heterocycles. The third-order valence-electron chi connectivity index (χ3n) is 4.31. The fraction of sp³-hybridized carbons (Fsp3) is 0.412. The predicted molar refractivity (Wildman–Crippen MR) is 88.5 cm³/mol. The van der Waals surface area contributed by atoms with E-state index in [1.807, 2.05) is 24.0 Å². The Hall–Kier alpha value is -2.08. The van der Waals surface area contributed by atoms with Crippen LogP contribution in [0.5, 0.6) is 0 Å². The molecule has 0 bridgehead atoms. The number of likely N-dealkylation sites (tertiary alicyclic amines) is 1. The van der Waals surface area contributed by atoms with Crippen molar-refractivity contribution in [2.45, 2.75) is 32.7 Å². The molecule has 2 amide bonds. The summed E-state index contributed by atoms with van der Waals surface area (Å²) in [6, 6.07) is 5.39. The Labute approximate surface area is 139 Å². The molecular weight excluding hydrogens is 312 g/mol. The van der Waals surface area contributed by atoms with Crippen LogP contribution < -0.4 is 5.73 Å². The van der Waals surface area contributed by atoms with Crippen LogP contribution in [0, 0.1) is 12.8 Å². The second-order valence-corrected chi connectivity index (χ2v) is 7.07. The number of carbonyl (C=O) groups excluding carboxylic acids is 2. The number of nitrogens with two attached hydrogens (primary N) is 1. The molecular formula is C17H20N2O3S. The van der Waals surface area contributed by atoms with Gasteiger partial charge in [-0.1, -0.05) is 6.92 Å². The lowest BCUT2D eigenvalue weighted by Gasteiger charge is -2.37. The van der Waals surface area contributed by atoms with Crippen LogP contribution in [-0.4, -0.2) is 23.3 Å². The third kappa shape index (κ3) is 3.17. The van der Waals surface area contributed by atoms with Gasteiger partial charge in [0.1, 0.15) is 11.5 Å². The highest BCUT2D eigenvalue weighted by Gasteiger charge is 2.34. The molecule has 3 heterocycles. The number of thiophene rings is 1. The Morgan fingerprint density at radius 1 is 1.39 bits per heavy atom. The predicted octanol–water partition coefficient (Wildman–Crippen LogP) is 3.36. The lowest BCUT2D eigenvalue weighted by Crippen LogP contribution is -2.40. The van der Waals surface area contributed by atoms with E-state index in [4.69, 9.17) is 10.2 Å². The molecule has 3 rings (SSSR count). The van der Waals surface area contributed by atoms with Crippen LogP contribution >= 0.6 is 11.3 Å². The van der Waals surface area contributed by atoms with Gasteiger partial charge < -0.3 is 15.1 Å². The van der Waals surface area contributed by atoms with Gasteiger partial charge in [0, 0.05) is 11.9 Å². The SMILES string of the molecule is Cc1ccc([C@H]2C[C@H](C)CCN2C(=O)c2cc(C(N)=O)cs2)o1. The lowest BCUT2D eigenvalue weighted by atomic mass is 9.91. The molecule has 0 radical (unpaired) electrons. The molecule has 1 aliphatic rings. The van der Waals surface area contributed by atoms with E-state index >= 15 is 0 Å². The zero-order chi connectivity index (χ0) is 16.6. The van der Waals surface area contributed by atoms with Gasteiger partial charge >= 0.3 is 0 Å². The largest absolute Gasteiger partial charge is 0.464 e. The number of amides is 2. The summed E-state index contributed by atoms with van der Waals surface area (Å²) < 4.78 is 5.77. The van der Waals surface area contributed by atoms with Crippen molar-refractivity contribution in [3.05, 3.63) is 45.5 Å².